The third kappa shape index (κ3) is 3.61. The molecule has 0 saturated heterocycles. The molecule has 2 heterocycles. The lowest BCUT2D eigenvalue weighted by Gasteiger charge is -2.14. The molecule has 0 spiro atoms. The minimum absolute atomic E-state index is 0.00378. The first kappa shape index (κ1) is 15.9. The fraction of sp³-hybridized carbons (Fsp3) is 0.667. The zero-order valence-corrected chi connectivity index (χ0v) is 14.8. The molecule has 116 valence electrons. The minimum Gasteiger partial charge on any atom is -0.357 e. The molecule has 2 rings (SSSR count). The first-order valence-corrected chi connectivity index (χ1v) is 8.05. The van der Waals surface area contributed by atoms with Crippen LogP contribution in [-0.2, 0) is 18.9 Å². The molecule has 0 amide bonds. The van der Waals surface area contributed by atoms with Crippen LogP contribution in [0.15, 0.2) is 0 Å². The third-order valence-corrected chi connectivity index (χ3v) is 4.28. The van der Waals surface area contributed by atoms with Crippen molar-refractivity contribution in [1.82, 2.24) is 19.1 Å². The summed E-state index contributed by atoms with van der Waals surface area (Å²) < 4.78 is 6.38. The summed E-state index contributed by atoms with van der Waals surface area (Å²) in [6.45, 7) is 12.7. The topological polar surface area (TPSA) is 55.6 Å². The van der Waals surface area contributed by atoms with E-state index in [0.29, 0.717) is 6.04 Å². The van der Waals surface area contributed by atoms with Gasteiger partial charge in [0.15, 0.2) is 0 Å². The number of hydrogen-bond donors (Lipinski definition) is 1. The summed E-state index contributed by atoms with van der Waals surface area (Å²) in [5.41, 5.74) is 3.65. The molecule has 0 fully saturated rings. The van der Waals surface area contributed by atoms with Crippen LogP contribution in [0.4, 0.5) is 5.13 Å². The average molecular weight is 307 g/mol. The summed E-state index contributed by atoms with van der Waals surface area (Å²) in [4.78, 5) is 4.59. The van der Waals surface area contributed by atoms with Crippen molar-refractivity contribution in [3.05, 3.63) is 22.8 Å². The van der Waals surface area contributed by atoms with Crippen LogP contribution in [0.25, 0.3) is 0 Å². The second-order valence-electron chi connectivity index (χ2n) is 6.70. The van der Waals surface area contributed by atoms with Crippen LogP contribution in [0.3, 0.4) is 0 Å². The van der Waals surface area contributed by atoms with E-state index in [1.165, 1.54) is 22.8 Å². The Labute approximate surface area is 131 Å². The normalized spacial score (nSPS) is 13.5. The zero-order valence-electron chi connectivity index (χ0n) is 14.0. The van der Waals surface area contributed by atoms with E-state index in [0.717, 1.165) is 23.1 Å². The van der Waals surface area contributed by atoms with Crippen molar-refractivity contribution >= 4 is 16.7 Å². The van der Waals surface area contributed by atoms with Gasteiger partial charge in [0, 0.05) is 35.7 Å². The Bertz CT molecular complexity index is 621. The maximum atomic E-state index is 4.59. The maximum Gasteiger partial charge on any atom is 0.202 e. The van der Waals surface area contributed by atoms with Crippen molar-refractivity contribution < 1.29 is 0 Å². The molecule has 0 aromatic carbocycles. The Morgan fingerprint density at radius 2 is 1.95 bits per heavy atom. The van der Waals surface area contributed by atoms with E-state index in [-0.39, 0.29) is 5.41 Å². The maximum absolute atomic E-state index is 4.59. The fourth-order valence-electron chi connectivity index (χ4n) is 2.27. The third-order valence-electron chi connectivity index (χ3n) is 3.64. The van der Waals surface area contributed by atoms with E-state index >= 15 is 0 Å². The van der Waals surface area contributed by atoms with Gasteiger partial charge in [-0.2, -0.15) is 9.47 Å². The Morgan fingerprint density at radius 1 is 1.29 bits per heavy atom. The number of aryl methyl sites for hydroxylation is 2. The van der Waals surface area contributed by atoms with Gasteiger partial charge in [-0.05, 0) is 32.8 Å². The smallest absolute Gasteiger partial charge is 0.202 e. The molecule has 0 aliphatic rings. The number of anilines is 1. The van der Waals surface area contributed by atoms with Crippen molar-refractivity contribution in [2.24, 2.45) is 7.05 Å². The Morgan fingerprint density at radius 3 is 2.43 bits per heavy atom. The van der Waals surface area contributed by atoms with Crippen LogP contribution in [0.2, 0.25) is 0 Å². The number of rotatable bonds is 4. The van der Waals surface area contributed by atoms with Crippen LogP contribution in [-0.4, -0.2) is 25.2 Å². The SMILES string of the molecule is Cc1nn(C)c(C)c1CC(C)Nc1nc(C(C)(C)C)ns1. The molecular formula is C15H25N5S. The van der Waals surface area contributed by atoms with Gasteiger partial charge in [-0.1, -0.05) is 20.8 Å². The first-order valence-electron chi connectivity index (χ1n) is 7.28. The zero-order chi connectivity index (χ0) is 15.8. The molecule has 0 aliphatic heterocycles. The molecule has 0 saturated carbocycles. The lowest BCUT2D eigenvalue weighted by atomic mass is 9.96. The largest absolute Gasteiger partial charge is 0.357 e. The van der Waals surface area contributed by atoms with E-state index in [2.05, 4.69) is 61.3 Å². The summed E-state index contributed by atoms with van der Waals surface area (Å²) in [7, 11) is 1.99. The molecule has 0 aliphatic carbocycles. The van der Waals surface area contributed by atoms with Gasteiger partial charge in [-0.25, -0.2) is 4.98 Å². The first-order chi connectivity index (χ1) is 9.68. The monoisotopic (exact) mass is 307 g/mol. The minimum atomic E-state index is -0.00378. The van der Waals surface area contributed by atoms with E-state index in [1.807, 2.05) is 11.7 Å². The summed E-state index contributed by atoms with van der Waals surface area (Å²) >= 11 is 1.44. The van der Waals surface area contributed by atoms with Crippen LogP contribution >= 0.6 is 11.5 Å². The van der Waals surface area contributed by atoms with Gasteiger partial charge < -0.3 is 5.32 Å². The quantitative estimate of drug-likeness (QED) is 0.942. The molecule has 0 bridgehead atoms. The number of nitrogens with one attached hydrogen (secondary N) is 1. The highest BCUT2D eigenvalue weighted by atomic mass is 32.1. The van der Waals surface area contributed by atoms with Crippen molar-refractivity contribution in [3.63, 3.8) is 0 Å². The Hall–Kier alpha value is -1.43. The predicted molar refractivity (Wildman–Crippen MR) is 88.1 cm³/mol. The van der Waals surface area contributed by atoms with Crippen molar-refractivity contribution in [3.8, 4) is 0 Å². The fourth-order valence-corrected chi connectivity index (χ4v) is 3.14. The highest BCUT2D eigenvalue weighted by Gasteiger charge is 2.20. The highest BCUT2D eigenvalue weighted by Crippen LogP contribution is 2.24. The summed E-state index contributed by atoms with van der Waals surface area (Å²) in [6.07, 6.45) is 0.940. The summed E-state index contributed by atoms with van der Waals surface area (Å²) in [6, 6.07) is 0.298. The molecule has 1 N–H and O–H groups in total. The van der Waals surface area contributed by atoms with Gasteiger partial charge in [-0.15, -0.1) is 0 Å². The van der Waals surface area contributed by atoms with Crippen molar-refractivity contribution in [2.45, 2.75) is 59.4 Å². The summed E-state index contributed by atoms with van der Waals surface area (Å²) in [5.74, 6) is 0.899. The van der Waals surface area contributed by atoms with E-state index in [9.17, 15) is 0 Å². The van der Waals surface area contributed by atoms with E-state index in [4.69, 9.17) is 0 Å². The van der Waals surface area contributed by atoms with Gasteiger partial charge in [-0.3, -0.25) is 4.68 Å². The van der Waals surface area contributed by atoms with Crippen LogP contribution < -0.4 is 5.32 Å². The van der Waals surface area contributed by atoms with Crippen LogP contribution in [0, 0.1) is 13.8 Å². The lowest BCUT2D eigenvalue weighted by molar-refractivity contribution is 0.555. The van der Waals surface area contributed by atoms with Gasteiger partial charge in [0.25, 0.3) is 0 Å². The second-order valence-corrected chi connectivity index (χ2v) is 7.45. The summed E-state index contributed by atoms with van der Waals surface area (Å²) in [5, 5.41) is 8.82. The van der Waals surface area contributed by atoms with Crippen molar-refractivity contribution in [1.29, 1.82) is 0 Å². The van der Waals surface area contributed by atoms with E-state index < -0.39 is 0 Å². The van der Waals surface area contributed by atoms with Crippen LogP contribution in [0.1, 0.15) is 50.5 Å². The number of nitrogens with zero attached hydrogens (tertiary/aromatic N) is 4. The van der Waals surface area contributed by atoms with Gasteiger partial charge >= 0.3 is 0 Å². The predicted octanol–water partition coefficient (Wildman–Crippen LogP) is 3.23. The number of hydrogen-bond acceptors (Lipinski definition) is 5. The molecule has 1 atom stereocenters. The standard InChI is InChI=1S/C15H25N5S/c1-9(8-12-10(2)18-20(7)11(12)3)16-14-17-13(19-21-14)15(4,5)6/h9H,8H2,1-7H3,(H,16,17,19). The molecule has 6 heteroatoms. The molecule has 2 aromatic rings. The molecule has 5 nitrogen and oxygen atoms in total. The molecule has 1 unspecified atom stereocenters. The number of aromatic nitrogens is 4. The lowest BCUT2D eigenvalue weighted by Crippen LogP contribution is -2.19. The van der Waals surface area contributed by atoms with Crippen molar-refractivity contribution in [2.75, 3.05) is 5.32 Å². The van der Waals surface area contributed by atoms with Crippen LogP contribution in [0.5, 0.6) is 0 Å². The van der Waals surface area contributed by atoms with E-state index in [1.54, 1.807) is 0 Å². The Kier molecular flexibility index (Phi) is 4.37. The molecule has 0 radical (unpaired) electrons. The Balaban J connectivity index is 2.05. The van der Waals surface area contributed by atoms with Gasteiger partial charge in [0.1, 0.15) is 5.82 Å². The van der Waals surface area contributed by atoms with Gasteiger partial charge in [0.2, 0.25) is 5.13 Å². The second kappa shape index (κ2) is 5.75. The van der Waals surface area contributed by atoms with Gasteiger partial charge in [0.05, 0.1) is 5.69 Å². The highest BCUT2D eigenvalue weighted by molar-refractivity contribution is 7.09. The average Bonchev–Trinajstić information content (AvgIpc) is 2.90. The molecular weight excluding hydrogens is 282 g/mol. The molecule has 21 heavy (non-hydrogen) atoms. The molecule has 2 aromatic heterocycles.